The molecular weight excluding hydrogens is 292 g/mol. The molecule has 4 nitrogen and oxygen atoms in total. The van der Waals surface area contributed by atoms with Crippen LogP contribution >= 0.6 is 0 Å². The van der Waals surface area contributed by atoms with E-state index in [-0.39, 0.29) is 5.78 Å². The van der Waals surface area contributed by atoms with Gasteiger partial charge in [-0.25, -0.2) is 0 Å². The SMILES string of the molecule is CCCCOc1cccc(C(=O)c2cc(OC)ccc2C=O)c1. The third-order valence-corrected chi connectivity index (χ3v) is 3.49. The lowest BCUT2D eigenvalue weighted by atomic mass is 9.98. The van der Waals surface area contributed by atoms with Gasteiger partial charge in [-0.2, -0.15) is 0 Å². The smallest absolute Gasteiger partial charge is 0.194 e. The number of aldehydes is 1. The van der Waals surface area contributed by atoms with Crippen LogP contribution in [0, 0.1) is 0 Å². The summed E-state index contributed by atoms with van der Waals surface area (Å²) in [6, 6.07) is 11.8. The molecule has 0 aliphatic rings. The first-order chi connectivity index (χ1) is 11.2. The maximum atomic E-state index is 12.7. The van der Waals surface area contributed by atoms with Crippen LogP contribution in [-0.2, 0) is 0 Å². The molecule has 0 saturated carbocycles. The van der Waals surface area contributed by atoms with E-state index in [0.29, 0.717) is 41.1 Å². The Balaban J connectivity index is 2.29. The van der Waals surface area contributed by atoms with Crippen LogP contribution in [0.3, 0.4) is 0 Å². The third kappa shape index (κ3) is 4.19. The summed E-state index contributed by atoms with van der Waals surface area (Å²) >= 11 is 0. The highest BCUT2D eigenvalue weighted by molar-refractivity contribution is 6.13. The predicted octanol–water partition coefficient (Wildman–Crippen LogP) is 3.92. The van der Waals surface area contributed by atoms with E-state index >= 15 is 0 Å². The molecule has 0 bridgehead atoms. The van der Waals surface area contributed by atoms with Gasteiger partial charge in [-0.15, -0.1) is 0 Å². The summed E-state index contributed by atoms with van der Waals surface area (Å²) in [4.78, 5) is 23.9. The van der Waals surface area contributed by atoms with Crippen LogP contribution in [0.15, 0.2) is 42.5 Å². The number of hydrogen-bond acceptors (Lipinski definition) is 4. The number of carbonyl (C=O) groups is 2. The monoisotopic (exact) mass is 312 g/mol. The zero-order chi connectivity index (χ0) is 16.7. The molecule has 2 rings (SSSR count). The van der Waals surface area contributed by atoms with Gasteiger partial charge in [0.05, 0.1) is 13.7 Å². The molecule has 2 aromatic rings. The van der Waals surface area contributed by atoms with E-state index in [1.165, 1.54) is 7.11 Å². The van der Waals surface area contributed by atoms with Gasteiger partial charge in [0.2, 0.25) is 0 Å². The molecular formula is C19H20O4. The Labute approximate surface area is 136 Å². The van der Waals surface area contributed by atoms with Crippen molar-refractivity contribution in [2.24, 2.45) is 0 Å². The van der Waals surface area contributed by atoms with Crippen molar-refractivity contribution < 1.29 is 19.1 Å². The maximum absolute atomic E-state index is 12.7. The van der Waals surface area contributed by atoms with Crippen LogP contribution in [0.25, 0.3) is 0 Å². The number of ketones is 1. The van der Waals surface area contributed by atoms with Gasteiger partial charge in [-0.1, -0.05) is 25.5 Å². The lowest BCUT2D eigenvalue weighted by Crippen LogP contribution is -2.06. The van der Waals surface area contributed by atoms with E-state index in [2.05, 4.69) is 6.92 Å². The molecule has 0 fully saturated rings. The van der Waals surface area contributed by atoms with Crippen LogP contribution in [0.2, 0.25) is 0 Å². The number of hydrogen-bond donors (Lipinski definition) is 0. The molecule has 0 saturated heterocycles. The summed E-state index contributed by atoms with van der Waals surface area (Å²) in [7, 11) is 1.52. The summed E-state index contributed by atoms with van der Waals surface area (Å²) in [5, 5.41) is 0. The van der Waals surface area contributed by atoms with Crippen molar-refractivity contribution in [3.8, 4) is 11.5 Å². The molecule has 0 radical (unpaired) electrons. The van der Waals surface area contributed by atoms with E-state index in [0.717, 1.165) is 12.8 Å². The van der Waals surface area contributed by atoms with Gasteiger partial charge in [-0.05, 0) is 36.8 Å². The highest BCUT2D eigenvalue weighted by Crippen LogP contribution is 2.22. The first-order valence-electron chi connectivity index (χ1n) is 7.60. The molecule has 0 heterocycles. The highest BCUT2D eigenvalue weighted by atomic mass is 16.5. The summed E-state index contributed by atoms with van der Waals surface area (Å²) in [5.74, 6) is 0.959. The fraction of sp³-hybridized carbons (Fsp3) is 0.263. The lowest BCUT2D eigenvalue weighted by molar-refractivity contribution is 0.102. The topological polar surface area (TPSA) is 52.6 Å². The average molecular weight is 312 g/mol. The van der Waals surface area contributed by atoms with E-state index < -0.39 is 0 Å². The van der Waals surface area contributed by atoms with Gasteiger partial charge in [0.1, 0.15) is 11.5 Å². The molecule has 0 aromatic heterocycles. The van der Waals surface area contributed by atoms with Crippen molar-refractivity contribution >= 4 is 12.1 Å². The molecule has 23 heavy (non-hydrogen) atoms. The molecule has 0 amide bonds. The number of carbonyl (C=O) groups excluding carboxylic acids is 2. The average Bonchev–Trinajstić information content (AvgIpc) is 2.61. The van der Waals surface area contributed by atoms with Gasteiger partial charge in [0.15, 0.2) is 12.1 Å². The number of benzene rings is 2. The Kier molecular flexibility index (Phi) is 5.92. The zero-order valence-electron chi connectivity index (χ0n) is 13.4. The molecule has 0 spiro atoms. The van der Waals surface area contributed by atoms with Gasteiger partial charge in [0, 0.05) is 16.7 Å². The van der Waals surface area contributed by atoms with Crippen LogP contribution in [0.4, 0.5) is 0 Å². The predicted molar refractivity (Wildman–Crippen MR) is 88.7 cm³/mol. The summed E-state index contributed by atoms with van der Waals surface area (Å²) in [5.41, 5.74) is 1.15. The second-order valence-electron chi connectivity index (χ2n) is 5.13. The standard InChI is InChI=1S/C19H20O4/c1-3-4-10-23-17-7-5-6-14(11-17)19(21)18-12-16(22-2)9-8-15(18)13-20/h5-9,11-13H,3-4,10H2,1-2H3. The van der Waals surface area contributed by atoms with Crippen LogP contribution in [-0.4, -0.2) is 25.8 Å². The minimum Gasteiger partial charge on any atom is -0.497 e. The fourth-order valence-corrected chi connectivity index (χ4v) is 2.18. The van der Waals surface area contributed by atoms with E-state index in [4.69, 9.17) is 9.47 Å². The Morgan fingerprint density at radius 1 is 1.13 bits per heavy atom. The summed E-state index contributed by atoms with van der Waals surface area (Å²) in [6.07, 6.45) is 2.68. The van der Waals surface area contributed by atoms with Crippen molar-refractivity contribution in [1.29, 1.82) is 0 Å². The molecule has 0 unspecified atom stereocenters. The number of unbranched alkanes of at least 4 members (excludes halogenated alkanes) is 1. The highest BCUT2D eigenvalue weighted by Gasteiger charge is 2.15. The van der Waals surface area contributed by atoms with Crippen LogP contribution < -0.4 is 9.47 Å². The molecule has 0 aliphatic heterocycles. The quantitative estimate of drug-likeness (QED) is 0.421. The minimum absolute atomic E-state index is 0.230. The Bertz CT molecular complexity index is 692. The van der Waals surface area contributed by atoms with E-state index in [1.807, 2.05) is 6.07 Å². The first kappa shape index (κ1) is 16.7. The molecule has 0 atom stereocenters. The van der Waals surface area contributed by atoms with Crippen molar-refractivity contribution in [2.45, 2.75) is 19.8 Å². The third-order valence-electron chi connectivity index (χ3n) is 3.49. The minimum atomic E-state index is -0.230. The molecule has 2 aromatic carbocycles. The molecule has 0 aliphatic carbocycles. The van der Waals surface area contributed by atoms with E-state index in [9.17, 15) is 9.59 Å². The van der Waals surface area contributed by atoms with Gasteiger partial charge in [-0.3, -0.25) is 9.59 Å². The Morgan fingerprint density at radius 3 is 2.65 bits per heavy atom. The van der Waals surface area contributed by atoms with Gasteiger partial charge in [0.25, 0.3) is 0 Å². The normalized spacial score (nSPS) is 10.2. The molecule has 120 valence electrons. The van der Waals surface area contributed by atoms with E-state index in [1.54, 1.807) is 36.4 Å². The van der Waals surface area contributed by atoms with Crippen LogP contribution in [0.1, 0.15) is 46.0 Å². The Hall–Kier alpha value is -2.62. The first-order valence-corrected chi connectivity index (χ1v) is 7.60. The molecule has 4 heteroatoms. The van der Waals surface area contributed by atoms with Crippen molar-refractivity contribution in [1.82, 2.24) is 0 Å². The van der Waals surface area contributed by atoms with Crippen molar-refractivity contribution in [3.63, 3.8) is 0 Å². The Morgan fingerprint density at radius 2 is 1.96 bits per heavy atom. The lowest BCUT2D eigenvalue weighted by Gasteiger charge is -2.09. The van der Waals surface area contributed by atoms with Gasteiger partial charge < -0.3 is 9.47 Å². The van der Waals surface area contributed by atoms with Crippen LogP contribution in [0.5, 0.6) is 11.5 Å². The van der Waals surface area contributed by atoms with Gasteiger partial charge >= 0.3 is 0 Å². The second kappa shape index (κ2) is 8.13. The van der Waals surface area contributed by atoms with Crippen molar-refractivity contribution in [3.05, 3.63) is 59.2 Å². The summed E-state index contributed by atoms with van der Waals surface area (Å²) < 4.78 is 10.8. The second-order valence-corrected chi connectivity index (χ2v) is 5.13. The molecule has 0 N–H and O–H groups in total. The summed E-state index contributed by atoms with van der Waals surface area (Å²) in [6.45, 7) is 2.71. The largest absolute Gasteiger partial charge is 0.497 e. The zero-order valence-corrected chi connectivity index (χ0v) is 13.4. The maximum Gasteiger partial charge on any atom is 0.194 e. The number of ether oxygens (including phenoxy) is 2. The number of methoxy groups -OCH3 is 1. The van der Waals surface area contributed by atoms with Crippen molar-refractivity contribution in [2.75, 3.05) is 13.7 Å². The fourth-order valence-electron chi connectivity index (χ4n) is 2.18. The number of rotatable bonds is 8.